The van der Waals surface area contributed by atoms with Crippen LogP contribution in [0.25, 0.3) is 22.2 Å². The zero-order valence-corrected chi connectivity index (χ0v) is 15.8. The zero-order valence-electron chi connectivity index (χ0n) is 15.8. The second-order valence-corrected chi connectivity index (χ2v) is 6.57. The van der Waals surface area contributed by atoms with Gasteiger partial charge >= 0.3 is 0 Å². The normalized spacial score (nSPS) is 11.4. The molecule has 4 aromatic rings. The van der Waals surface area contributed by atoms with E-state index in [0.29, 0.717) is 22.7 Å². The number of nitrogen functional groups attached to an aromatic ring is 1. The molecule has 0 fully saturated rings. The van der Waals surface area contributed by atoms with Crippen molar-refractivity contribution in [3.63, 3.8) is 0 Å². The number of amides is 1. The van der Waals surface area contributed by atoms with E-state index in [1.54, 1.807) is 24.5 Å². The quantitative estimate of drug-likeness (QED) is 0.317. The van der Waals surface area contributed by atoms with Crippen molar-refractivity contribution < 1.29 is 4.79 Å². The number of rotatable bonds is 4. The van der Waals surface area contributed by atoms with E-state index < -0.39 is 0 Å². The fourth-order valence-electron chi connectivity index (χ4n) is 3.06. The van der Waals surface area contributed by atoms with Crippen LogP contribution < -0.4 is 11.2 Å². The number of nitrogens with two attached hydrogens (primary N) is 1. The molecule has 0 radical (unpaired) electrons. The van der Waals surface area contributed by atoms with Crippen molar-refractivity contribution in [3.05, 3.63) is 90.3 Å². The first-order chi connectivity index (χ1) is 14.1. The summed E-state index contributed by atoms with van der Waals surface area (Å²) in [6.45, 7) is 1.82. The van der Waals surface area contributed by atoms with Crippen LogP contribution in [-0.4, -0.2) is 21.6 Å². The molecular weight excluding hydrogens is 362 g/mol. The molecule has 0 atom stereocenters. The molecule has 2 aromatic carbocycles. The first-order valence-electron chi connectivity index (χ1n) is 9.12. The summed E-state index contributed by atoms with van der Waals surface area (Å²) in [5.41, 5.74) is 13.5. The van der Waals surface area contributed by atoms with Gasteiger partial charge in [-0.2, -0.15) is 5.10 Å². The number of benzene rings is 2. The third-order valence-corrected chi connectivity index (χ3v) is 4.57. The number of carbonyl (C=O) groups is 1. The van der Waals surface area contributed by atoms with E-state index in [1.807, 2.05) is 61.5 Å². The van der Waals surface area contributed by atoms with Gasteiger partial charge in [0.1, 0.15) is 0 Å². The molecule has 1 amide bonds. The second kappa shape index (κ2) is 7.90. The Labute approximate surface area is 168 Å². The molecule has 0 saturated heterocycles. The summed E-state index contributed by atoms with van der Waals surface area (Å²) in [5.74, 6) is -0.304. The van der Waals surface area contributed by atoms with Gasteiger partial charge in [-0.15, -0.1) is 0 Å². The number of aromatic nitrogens is 2. The molecule has 0 aliphatic rings. The summed E-state index contributed by atoms with van der Waals surface area (Å²) in [6.07, 6.45) is 3.40. The Morgan fingerprint density at radius 2 is 1.79 bits per heavy atom. The number of pyridine rings is 2. The van der Waals surface area contributed by atoms with E-state index in [-0.39, 0.29) is 5.91 Å². The van der Waals surface area contributed by atoms with Crippen molar-refractivity contribution >= 4 is 28.2 Å². The lowest BCUT2D eigenvalue weighted by Crippen LogP contribution is -2.20. The molecule has 2 heterocycles. The Morgan fingerprint density at radius 1 is 1.00 bits per heavy atom. The Balaban J connectivity index is 1.71. The lowest BCUT2D eigenvalue weighted by Gasteiger charge is -2.09. The monoisotopic (exact) mass is 381 g/mol. The number of hydrogen-bond donors (Lipinski definition) is 2. The van der Waals surface area contributed by atoms with Gasteiger partial charge in [0, 0.05) is 29.0 Å². The van der Waals surface area contributed by atoms with E-state index in [2.05, 4.69) is 20.5 Å². The van der Waals surface area contributed by atoms with Crippen LogP contribution in [0.2, 0.25) is 0 Å². The Kier molecular flexibility index (Phi) is 4.99. The minimum Gasteiger partial charge on any atom is -0.399 e. The van der Waals surface area contributed by atoms with Crippen LogP contribution in [0.4, 0.5) is 5.69 Å². The molecule has 0 spiro atoms. The van der Waals surface area contributed by atoms with Gasteiger partial charge in [-0.1, -0.05) is 30.3 Å². The number of carbonyl (C=O) groups excluding carboxylic acids is 1. The molecule has 0 aliphatic heterocycles. The van der Waals surface area contributed by atoms with Crippen molar-refractivity contribution in [1.29, 1.82) is 0 Å². The van der Waals surface area contributed by atoms with E-state index in [0.717, 1.165) is 22.0 Å². The van der Waals surface area contributed by atoms with Crippen LogP contribution in [0, 0.1) is 0 Å². The maximum atomic E-state index is 13.0. The number of fused-ring (bicyclic) bond motifs is 1. The third-order valence-electron chi connectivity index (χ3n) is 4.57. The summed E-state index contributed by atoms with van der Waals surface area (Å²) < 4.78 is 0. The Bertz CT molecular complexity index is 1220. The van der Waals surface area contributed by atoms with Crippen molar-refractivity contribution in [2.75, 3.05) is 5.73 Å². The maximum Gasteiger partial charge on any atom is 0.272 e. The van der Waals surface area contributed by atoms with Crippen LogP contribution in [-0.2, 0) is 0 Å². The molecule has 2 aromatic heterocycles. The van der Waals surface area contributed by atoms with E-state index in [9.17, 15) is 4.79 Å². The van der Waals surface area contributed by atoms with Gasteiger partial charge in [-0.05, 0) is 48.9 Å². The summed E-state index contributed by atoms with van der Waals surface area (Å²) in [7, 11) is 0. The van der Waals surface area contributed by atoms with Crippen LogP contribution in [0.15, 0.2) is 84.2 Å². The molecule has 3 N–H and O–H groups in total. The van der Waals surface area contributed by atoms with Crippen LogP contribution in [0.1, 0.15) is 22.8 Å². The van der Waals surface area contributed by atoms with Gasteiger partial charge in [-0.25, -0.2) is 10.4 Å². The third kappa shape index (κ3) is 3.96. The number of anilines is 1. The molecule has 0 aliphatic carbocycles. The zero-order chi connectivity index (χ0) is 20.2. The van der Waals surface area contributed by atoms with Crippen molar-refractivity contribution in [3.8, 4) is 11.3 Å². The average molecular weight is 381 g/mol. The summed E-state index contributed by atoms with van der Waals surface area (Å²) in [6, 6.07) is 20.4. The first kappa shape index (κ1) is 18.3. The largest absolute Gasteiger partial charge is 0.399 e. The number of hydrogen-bond acceptors (Lipinski definition) is 5. The highest BCUT2D eigenvalue weighted by molar-refractivity contribution is 6.08. The standard InChI is InChI=1S/C23H19N5O/c1-15(17-5-4-6-18(24)13-17)27-28-23(29)20-14-22(16-9-11-25-12-10-16)26-21-8-3-2-7-19(20)21/h2-14H,24H2,1H3,(H,28,29)/b27-15+. The van der Waals surface area contributed by atoms with Crippen LogP contribution >= 0.6 is 0 Å². The average Bonchev–Trinajstić information content (AvgIpc) is 2.77. The fourth-order valence-corrected chi connectivity index (χ4v) is 3.06. The fraction of sp³-hybridized carbons (Fsp3) is 0.0435. The van der Waals surface area contributed by atoms with Crippen LogP contribution in [0.3, 0.4) is 0 Å². The minimum absolute atomic E-state index is 0.304. The van der Waals surface area contributed by atoms with E-state index in [4.69, 9.17) is 5.73 Å². The number of nitrogens with zero attached hydrogens (tertiary/aromatic N) is 3. The molecule has 29 heavy (non-hydrogen) atoms. The molecule has 0 unspecified atom stereocenters. The Hall–Kier alpha value is -4.06. The van der Waals surface area contributed by atoms with E-state index >= 15 is 0 Å². The number of nitrogens with one attached hydrogen (secondary N) is 1. The molecule has 6 nitrogen and oxygen atoms in total. The highest BCUT2D eigenvalue weighted by Crippen LogP contribution is 2.24. The SMILES string of the molecule is C/C(=N\NC(=O)c1cc(-c2ccncc2)nc2ccccc12)c1cccc(N)c1. The lowest BCUT2D eigenvalue weighted by atomic mass is 10.0. The van der Waals surface area contributed by atoms with Crippen molar-refractivity contribution in [2.24, 2.45) is 5.10 Å². The highest BCUT2D eigenvalue weighted by Gasteiger charge is 2.14. The molecular formula is C23H19N5O. The molecule has 6 heteroatoms. The molecule has 4 rings (SSSR count). The van der Waals surface area contributed by atoms with Crippen molar-refractivity contribution in [1.82, 2.24) is 15.4 Å². The smallest absolute Gasteiger partial charge is 0.272 e. The first-order valence-corrected chi connectivity index (χ1v) is 9.12. The summed E-state index contributed by atoms with van der Waals surface area (Å²) >= 11 is 0. The predicted octanol–water partition coefficient (Wildman–Crippen LogP) is 4.03. The summed E-state index contributed by atoms with van der Waals surface area (Å²) in [4.78, 5) is 21.7. The summed E-state index contributed by atoms with van der Waals surface area (Å²) in [5, 5.41) is 5.02. The van der Waals surface area contributed by atoms with Gasteiger partial charge < -0.3 is 5.73 Å². The molecule has 0 saturated carbocycles. The van der Waals surface area contributed by atoms with Gasteiger partial charge in [0.05, 0.1) is 22.5 Å². The maximum absolute atomic E-state index is 13.0. The lowest BCUT2D eigenvalue weighted by molar-refractivity contribution is 0.0956. The number of hydrazone groups is 1. The molecule has 0 bridgehead atoms. The van der Waals surface area contributed by atoms with Crippen LogP contribution in [0.5, 0.6) is 0 Å². The topological polar surface area (TPSA) is 93.3 Å². The minimum atomic E-state index is -0.304. The van der Waals surface area contributed by atoms with Gasteiger partial charge in [0.2, 0.25) is 0 Å². The predicted molar refractivity (Wildman–Crippen MR) is 116 cm³/mol. The molecule has 142 valence electrons. The highest BCUT2D eigenvalue weighted by atomic mass is 16.2. The van der Waals surface area contributed by atoms with Gasteiger partial charge in [0.15, 0.2) is 0 Å². The van der Waals surface area contributed by atoms with Gasteiger partial charge in [0.25, 0.3) is 5.91 Å². The second-order valence-electron chi connectivity index (χ2n) is 6.57. The Morgan fingerprint density at radius 3 is 2.59 bits per heavy atom. The van der Waals surface area contributed by atoms with Crippen molar-refractivity contribution in [2.45, 2.75) is 6.92 Å². The van der Waals surface area contributed by atoms with Gasteiger partial charge in [-0.3, -0.25) is 9.78 Å². The van der Waals surface area contributed by atoms with E-state index in [1.165, 1.54) is 0 Å². The number of para-hydroxylation sites is 1.